The fourth-order valence-electron chi connectivity index (χ4n) is 3.38. The molecule has 120 valence electrons. The van der Waals surface area contributed by atoms with Gasteiger partial charge in [-0.2, -0.15) is 0 Å². The summed E-state index contributed by atoms with van der Waals surface area (Å²) in [5, 5.41) is 0. The highest BCUT2D eigenvalue weighted by Crippen LogP contribution is 2.35. The first-order valence-electron chi connectivity index (χ1n) is 8.67. The molecule has 1 aromatic carbocycles. The smallest absolute Gasteiger partial charge is 0.0285 e. The number of hydrogen-bond acceptors (Lipinski definition) is 1. The normalized spacial score (nSPS) is 23.2. The SMILES string of the molecule is C=C1/C=C\C=C/Cc2ccccc2C1CCC(=C)N(C)C1CC1. The van der Waals surface area contributed by atoms with Gasteiger partial charge in [-0.25, -0.2) is 0 Å². The van der Waals surface area contributed by atoms with Gasteiger partial charge in [0, 0.05) is 24.7 Å². The Labute approximate surface area is 140 Å². The fourth-order valence-corrected chi connectivity index (χ4v) is 3.38. The van der Waals surface area contributed by atoms with Crippen LogP contribution >= 0.6 is 0 Å². The number of rotatable bonds is 5. The van der Waals surface area contributed by atoms with Crippen LogP contribution in [0.2, 0.25) is 0 Å². The second kappa shape index (κ2) is 7.04. The predicted octanol–water partition coefficient (Wildman–Crippen LogP) is 5.38. The predicted molar refractivity (Wildman–Crippen MR) is 99.5 cm³/mol. The van der Waals surface area contributed by atoms with E-state index in [-0.39, 0.29) is 0 Å². The molecule has 0 bridgehead atoms. The highest BCUT2D eigenvalue weighted by atomic mass is 15.2. The Morgan fingerprint density at radius 1 is 1.22 bits per heavy atom. The summed E-state index contributed by atoms with van der Waals surface area (Å²) in [4.78, 5) is 2.38. The summed E-state index contributed by atoms with van der Waals surface area (Å²) in [5.74, 6) is 0.381. The molecule has 1 nitrogen and oxygen atoms in total. The van der Waals surface area contributed by atoms with Crippen molar-refractivity contribution >= 4 is 0 Å². The molecule has 0 aliphatic heterocycles. The molecule has 3 rings (SSSR count). The molecule has 1 atom stereocenters. The van der Waals surface area contributed by atoms with Crippen molar-refractivity contribution in [3.05, 3.63) is 84.1 Å². The van der Waals surface area contributed by atoms with Crippen molar-refractivity contribution in [2.75, 3.05) is 7.05 Å². The van der Waals surface area contributed by atoms with Crippen LogP contribution in [0.5, 0.6) is 0 Å². The Balaban J connectivity index is 1.78. The van der Waals surface area contributed by atoms with Gasteiger partial charge in [-0.3, -0.25) is 0 Å². The van der Waals surface area contributed by atoms with Crippen LogP contribution < -0.4 is 0 Å². The van der Waals surface area contributed by atoms with E-state index in [0.29, 0.717) is 5.92 Å². The minimum Gasteiger partial charge on any atom is -0.375 e. The van der Waals surface area contributed by atoms with Crippen molar-refractivity contribution < 1.29 is 0 Å². The summed E-state index contributed by atoms with van der Waals surface area (Å²) in [7, 11) is 2.19. The molecule has 2 aliphatic rings. The van der Waals surface area contributed by atoms with Crippen molar-refractivity contribution in [3.8, 4) is 0 Å². The standard InChI is InChI=1S/C22H27N/c1-17-9-5-4-6-10-19-11-7-8-12-22(19)21(17)16-13-18(2)23(3)20-14-15-20/h4-9,11-12,20-21H,1-2,10,13-16H2,3H3/b6-4-,9-5-. The van der Waals surface area contributed by atoms with Crippen LogP contribution in [-0.4, -0.2) is 18.0 Å². The van der Waals surface area contributed by atoms with Crippen LogP contribution in [-0.2, 0) is 6.42 Å². The van der Waals surface area contributed by atoms with Crippen LogP contribution in [0.1, 0.15) is 42.7 Å². The maximum atomic E-state index is 4.34. The molecular weight excluding hydrogens is 278 g/mol. The highest BCUT2D eigenvalue weighted by Gasteiger charge is 2.27. The molecule has 0 N–H and O–H groups in total. The minimum absolute atomic E-state index is 0.381. The van der Waals surface area contributed by atoms with Crippen molar-refractivity contribution in [2.45, 2.75) is 44.1 Å². The Hall–Kier alpha value is -2.02. The first-order valence-corrected chi connectivity index (χ1v) is 8.67. The van der Waals surface area contributed by atoms with Gasteiger partial charge in [0.05, 0.1) is 0 Å². The summed E-state index contributed by atoms with van der Waals surface area (Å²) in [5.41, 5.74) is 5.31. The van der Waals surface area contributed by atoms with Gasteiger partial charge in [-0.05, 0) is 48.8 Å². The maximum absolute atomic E-state index is 4.34. The lowest BCUT2D eigenvalue weighted by Gasteiger charge is -2.25. The molecule has 0 spiro atoms. The van der Waals surface area contributed by atoms with Crippen LogP contribution in [0.3, 0.4) is 0 Å². The number of fused-ring (bicyclic) bond motifs is 1. The Kier molecular flexibility index (Phi) is 4.85. The van der Waals surface area contributed by atoms with Crippen molar-refractivity contribution in [1.82, 2.24) is 4.90 Å². The second-order valence-electron chi connectivity index (χ2n) is 6.76. The third-order valence-corrected chi connectivity index (χ3v) is 5.09. The summed E-state index contributed by atoms with van der Waals surface area (Å²) < 4.78 is 0. The third kappa shape index (κ3) is 3.85. The summed E-state index contributed by atoms with van der Waals surface area (Å²) >= 11 is 0. The molecular formula is C22H27N. The lowest BCUT2D eigenvalue weighted by molar-refractivity contribution is 0.387. The molecule has 1 saturated carbocycles. The van der Waals surface area contributed by atoms with Crippen LogP contribution in [0.25, 0.3) is 0 Å². The zero-order valence-corrected chi connectivity index (χ0v) is 14.2. The zero-order chi connectivity index (χ0) is 16.2. The van der Waals surface area contributed by atoms with E-state index in [1.165, 1.54) is 35.2 Å². The molecule has 0 aromatic heterocycles. The van der Waals surface area contributed by atoms with Gasteiger partial charge in [0.1, 0.15) is 0 Å². The van der Waals surface area contributed by atoms with Gasteiger partial charge in [-0.15, -0.1) is 0 Å². The molecule has 23 heavy (non-hydrogen) atoms. The summed E-state index contributed by atoms with van der Waals surface area (Å²) in [6.07, 6.45) is 14.4. The summed E-state index contributed by atoms with van der Waals surface area (Å²) in [6.45, 7) is 8.65. The Morgan fingerprint density at radius 2 is 2.00 bits per heavy atom. The van der Waals surface area contributed by atoms with Crippen molar-refractivity contribution in [2.24, 2.45) is 0 Å². The molecule has 1 heteroatoms. The monoisotopic (exact) mass is 305 g/mol. The summed E-state index contributed by atoms with van der Waals surface area (Å²) in [6, 6.07) is 9.54. The van der Waals surface area contributed by atoms with Gasteiger partial charge < -0.3 is 4.90 Å². The molecule has 1 fully saturated rings. The van der Waals surface area contributed by atoms with Gasteiger partial charge >= 0.3 is 0 Å². The van der Waals surface area contributed by atoms with E-state index in [0.717, 1.165) is 25.3 Å². The van der Waals surface area contributed by atoms with Crippen molar-refractivity contribution in [3.63, 3.8) is 0 Å². The van der Waals surface area contributed by atoms with Gasteiger partial charge in [0.2, 0.25) is 0 Å². The van der Waals surface area contributed by atoms with Crippen LogP contribution in [0, 0.1) is 0 Å². The molecule has 0 heterocycles. The van der Waals surface area contributed by atoms with Gasteiger partial charge in [-0.1, -0.05) is 61.7 Å². The van der Waals surface area contributed by atoms with E-state index in [2.05, 4.69) is 73.7 Å². The number of allylic oxidation sites excluding steroid dienone is 6. The van der Waals surface area contributed by atoms with E-state index >= 15 is 0 Å². The van der Waals surface area contributed by atoms with Crippen molar-refractivity contribution in [1.29, 1.82) is 0 Å². The highest BCUT2D eigenvalue weighted by molar-refractivity contribution is 5.41. The zero-order valence-electron chi connectivity index (χ0n) is 14.2. The Morgan fingerprint density at radius 3 is 2.78 bits per heavy atom. The number of benzene rings is 1. The quantitative estimate of drug-likeness (QED) is 0.705. The second-order valence-corrected chi connectivity index (χ2v) is 6.76. The fraction of sp³-hybridized carbons (Fsp3) is 0.364. The third-order valence-electron chi connectivity index (χ3n) is 5.09. The first kappa shape index (κ1) is 15.9. The van der Waals surface area contributed by atoms with E-state index in [9.17, 15) is 0 Å². The Bertz CT molecular complexity index is 646. The number of hydrogen-bond donors (Lipinski definition) is 0. The van der Waals surface area contributed by atoms with E-state index in [4.69, 9.17) is 0 Å². The average Bonchev–Trinajstić information content (AvgIpc) is 3.38. The van der Waals surface area contributed by atoms with Crippen LogP contribution in [0.15, 0.2) is 73.0 Å². The minimum atomic E-state index is 0.381. The molecule has 0 radical (unpaired) electrons. The molecule has 1 unspecified atom stereocenters. The van der Waals surface area contributed by atoms with E-state index in [1.807, 2.05) is 0 Å². The maximum Gasteiger partial charge on any atom is 0.0285 e. The van der Waals surface area contributed by atoms with E-state index < -0.39 is 0 Å². The topological polar surface area (TPSA) is 3.24 Å². The lowest BCUT2D eigenvalue weighted by atomic mass is 9.84. The van der Waals surface area contributed by atoms with Crippen LogP contribution in [0.4, 0.5) is 0 Å². The first-order chi connectivity index (χ1) is 11.2. The molecule has 2 aliphatic carbocycles. The molecule has 0 saturated heterocycles. The molecule has 0 amide bonds. The largest absolute Gasteiger partial charge is 0.375 e. The van der Waals surface area contributed by atoms with E-state index in [1.54, 1.807) is 0 Å². The van der Waals surface area contributed by atoms with Gasteiger partial charge in [0.15, 0.2) is 0 Å². The number of nitrogens with zero attached hydrogens (tertiary/aromatic N) is 1. The molecule has 1 aromatic rings. The van der Waals surface area contributed by atoms with Gasteiger partial charge in [0.25, 0.3) is 0 Å². The lowest BCUT2D eigenvalue weighted by Crippen LogP contribution is -2.19. The average molecular weight is 305 g/mol.